The van der Waals surface area contributed by atoms with Crippen LogP contribution in [-0.2, 0) is 0 Å². The first kappa shape index (κ1) is 29.6. The van der Waals surface area contributed by atoms with E-state index >= 15 is 0 Å². The Labute approximate surface area is 253 Å². The maximum atomic E-state index is 2.44. The molecule has 0 amide bonds. The Kier molecular flexibility index (Phi) is 9.39. The molecule has 41 heavy (non-hydrogen) atoms. The first-order chi connectivity index (χ1) is 19.9. The number of allylic oxidation sites excluding steroid dienone is 2. The van der Waals surface area contributed by atoms with Gasteiger partial charge in [0.1, 0.15) is 0 Å². The zero-order valence-electron chi connectivity index (χ0n) is 26.0. The SMILES string of the molecule is CCC[CH2][Sn]1([CH2]CCC)[C](c2ccc(C)cc2)=C(c2ccc(C)cc2)C(c2ccc(C)cc2)=[C]1c1ccc(C)cc1. The van der Waals surface area contributed by atoms with E-state index in [0.29, 0.717) is 0 Å². The number of aryl methyl sites for hydroxylation is 4. The molecule has 1 aliphatic heterocycles. The van der Waals surface area contributed by atoms with Gasteiger partial charge in [0.2, 0.25) is 0 Å². The van der Waals surface area contributed by atoms with Crippen LogP contribution in [0.2, 0.25) is 8.87 Å². The van der Waals surface area contributed by atoms with Crippen LogP contribution in [-0.4, -0.2) is 18.4 Å². The van der Waals surface area contributed by atoms with Crippen molar-refractivity contribution < 1.29 is 0 Å². The predicted molar refractivity (Wildman–Crippen MR) is 184 cm³/mol. The van der Waals surface area contributed by atoms with Gasteiger partial charge in [0.25, 0.3) is 0 Å². The van der Waals surface area contributed by atoms with Crippen molar-refractivity contribution in [2.24, 2.45) is 0 Å². The molecule has 0 aromatic heterocycles. The Hall–Kier alpha value is -2.84. The van der Waals surface area contributed by atoms with Gasteiger partial charge in [0.15, 0.2) is 0 Å². The minimum atomic E-state index is -3.30. The molecule has 1 heterocycles. The van der Waals surface area contributed by atoms with E-state index in [1.807, 2.05) is 0 Å². The summed E-state index contributed by atoms with van der Waals surface area (Å²) in [7, 11) is 0. The number of unbranched alkanes of at least 4 members (excludes halogenated alkanes) is 2. The van der Waals surface area contributed by atoms with Gasteiger partial charge in [-0.25, -0.2) is 0 Å². The molecule has 1 heteroatoms. The van der Waals surface area contributed by atoms with Crippen LogP contribution in [0.4, 0.5) is 0 Å². The van der Waals surface area contributed by atoms with Gasteiger partial charge in [-0.3, -0.25) is 0 Å². The van der Waals surface area contributed by atoms with Crippen LogP contribution in [0.1, 0.15) is 84.0 Å². The molecule has 210 valence electrons. The second-order valence-corrected chi connectivity index (χ2v) is 24.1. The summed E-state index contributed by atoms with van der Waals surface area (Å²) < 4.78 is 6.19. The second kappa shape index (κ2) is 13.0. The Morgan fingerprint density at radius 1 is 0.390 bits per heavy atom. The van der Waals surface area contributed by atoms with Crippen LogP contribution < -0.4 is 0 Å². The fraction of sp³-hybridized carbons (Fsp3) is 0.300. The molecule has 0 spiro atoms. The van der Waals surface area contributed by atoms with E-state index in [-0.39, 0.29) is 0 Å². The molecule has 0 aliphatic carbocycles. The molecule has 0 N–H and O–H groups in total. The number of hydrogen-bond donors (Lipinski definition) is 0. The van der Waals surface area contributed by atoms with Crippen LogP contribution in [0.5, 0.6) is 0 Å². The molecule has 0 bridgehead atoms. The zero-order valence-corrected chi connectivity index (χ0v) is 28.8. The maximum absolute atomic E-state index is 3.30. The summed E-state index contributed by atoms with van der Waals surface area (Å²) in [6.45, 7) is 13.6. The third-order valence-corrected chi connectivity index (χ3v) is 24.4. The quantitative estimate of drug-likeness (QED) is 0.151. The van der Waals surface area contributed by atoms with Crippen molar-refractivity contribution in [3.8, 4) is 0 Å². The Morgan fingerprint density at radius 3 is 0.927 bits per heavy atom. The Balaban J connectivity index is 1.97. The van der Waals surface area contributed by atoms with Crippen LogP contribution >= 0.6 is 0 Å². The fourth-order valence-corrected chi connectivity index (χ4v) is 24.9. The predicted octanol–water partition coefficient (Wildman–Crippen LogP) is 11.6. The van der Waals surface area contributed by atoms with Crippen LogP contribution in [0.3, 0.4) is 0 Å². The minimum absolute atomic E-state index is 1.24. The molecule has 0 fully saturated rings. The summed E-state index contributed by atoms with van der Waals surface area (Å²) in [4.78, 5) is 0. The summed E-state index contributed by atoms with van der Waals surface area (Å²) in [6.07, 6.45) is 5.08. The average molecular weight is 646 g/mol. The molecule has 0 unspecified atom stereocenters. The van der Waals surface area contributed by atoms with Gasteiger partial charge in [-0.05, 0) is 0 Å². The van der Waals surface area contributed by atoms with Crippen molar-refractivity contribution >= 4 is 36.7 Å². The van der Waals surface area contributed by atoms with Crippen molar-refractivity contribution in [3.05, 3.63) is 142 Å². The molecule has 0 saturated heterocycles. The molecule has 0 atom stereocenters. The number of benzene rings is 4. The van der Waals surface area contributed by atoms with Crippen LogP contribution in [0, 0.1) is 27.7 Å². The van der Waals surface area contributed by atoms with Gasteiger partial charge >= 0.3 is 254 Å². The summed E-state index contributed by atoms with van der Waals surface area (Å²) in [5, 5.41) is 0. The van der Waals surface area contributed by atoms with Gasteiger partial charge in [-0.15, -0.1) is 0 Å². The van der Waals surface area contributed by atoms with E-state index in [4.69, 9.17) is 0 Å². The topological polar surface area (TPSA) is 0 Å². The Bertz CT molecular complexity index is 1410. The van der Waals surface area contributed by atoms with Gasteiger partial charge in [0, 0.05) is 0 Å². The third-order valence-electron chi connectivity index (χ3n) is 8.98. The molecular formula is C40H46Sn. The summed E-state index contributed by atoms with van der Waals surface area (Å²) in [5.41, 5.74) is 14.0. The number of rotatable bonds is 10. The van der Waals surface area contributed by atoms with E-state index in [1.54, 1.807) is 7.18 Å². The van der Waals surface area contributed by atoms with Gasteiger partial charge < -0.3 is 0 Å². The summed E-state index contributed by atoms with van der Waals surface area (Å²) in [6, 6.07) is 37.9. The Morgan fingerprint density at radius 2 is 0.659 bits per heavy atom. The van der Waals surface area contributed by atoms with Gasteiger partial charge in [-0.1, -0.05) is 0 Å². The molecule has 0 saturated carbocycles. The van der Waals surface area contributed by atoms with E-state index < -0.39 is 18.4 Å². The van der Waals surface area contributed by atoms with Crippen molar-refractivity contribution in [3.63, 3.8) is 0 Å². The monoisotopic (exact) mass is 646 g/mol. The molecule has 5 rings (SSSR count). The molecule has 0 radical (unpaired) electrons. The van der Waals surface area contributed by atoms with Crippen LogP contribution in [0.15, 0.2) is 97.1 Å². The molecule has 1 aliphatic rings. The van der Waals surface area contributed by atoms with E-state index in [2.05, 4.69) is 139 Å². The zero-order chi connectivity index (χ0) is 29.0. The van der Waals surface area contributed by atoms with E-state index in [1.165, 1.54) is 90.2 Å². The van der Waals surface area contributed by atoms with Crippen molar-refractivity contribution in [2.45, 2.75) is 76.1 Å². The van der Waals surface area contributed by atoms with Crippen molar-refractivity contribution in [2.75, 3.05) is 0 Å². The van der Waals surface area contributed by atoms with Crippen molar-refractivity contribution in [1.29, 1.82) is 0 Å². The molecule has 0 nitrogen and oxygen atoms in total. The van der Waals surface area contributed by atoms with E-state index in [0.717, 1.165) is 0 Å². The van der Waals surface area contributed by atoms with Gasteiger partial charge in [-0.2, -0.15) is 0 Å². The van der Waals surface area contributed by atoms with Gasteiger partial charge in [0.05, 0.1) is 0 Å². The first-order valence-electron chi connectivity index (χ1n) is 15.7. The average Bonchev–Trinajstić information content (AvgIpc) is 3.27. The normalized spacial score (nSPS) is 14.7. The summed E-state index contributed by atoms with van der Waals surface area (Å²) >= 11 is -3.30. The molecule has 4 aromatic rings. The second-order valence-electron chi connectivity index (χ2n) is 12.3. The summed E-state index contributed by atoms with van der Waals surface area (Å²) in [5.74, 6) is 0. The standard InChI is InChI=1S/C32H28.2C4H9.Sn/c1-23-5-13-27(14-6-23)21-31(29-17-9-25(3)10-18-29)32(30-19-11-26(4)12-20-30)22-28-15-7-24(2)8-16-28;2*1-3-4-2;/h5-20H,1-4H3;2*1,3-4H2,2H3;. The first-order valence-corrected chi connectivity index (χ1v) is 22.5. The number of hydrogen-bond acceptors (Lipinski definition) is 0. The van der Waals surface area contributed by atoms with E-state index in [9.17, 15) is 0 Å². The van der Waals surface area contributed by atoms with Crippen LogP contribution in [0.25, 0.3) is 18.3 Å². The van der Waals surface area contributed by atoms with Crippen molar-refractivity contribution in [1.82, 2.24) is 0 Å². The third kappa shape index (κ3) is 6.05. The molecule has 4 aromatic carbocycles. The fourth-order valence-electron chi connectivity index (χ4n) is 6.74. The molecular weight excluding hydrogens is 599 g/mol.